The number of nitrogens with zero attached hydrogens (tertiary/aromatic N) is 2. The zero-order valence-corrected chi connectivity index (χ0v) is 8.11. The van der Waals surface area contributed by atoms with Gasteiger partial charge in [-0.05, 0) is 0 Å². The third-order valence-corrected chi connectivity index (χ3v) is 1.76. The van der Waals surface area contributed by atoms with E-state index in [1.54, 1.807) is 0 Å². The van der Waals surface area contributed by atoms with Crippen LogP contribution in [0.3, 0.4) is 0 Å². The molecular formula is C9H7N2Se. The summed E-state index contributed by atoms with van der Waals surface area (Å²) < 4.78 is 0. The van der Waals surface area contributed by atoms with E-state index in [4.69, 9.17) is 10.5 Å². The van der Waals surface area contributed by atoms with Gasteiger partial charge in [0, 0.05) is 0 Å². The summed E-state index contributed by atoms with van der Waals surface area (Å²) >= 11 is 2.96. The average Bonchev–Trinajstić information content (AvgIpc) is 2.19. The molecule has 0 spiro atoms. The topological polar surface area (TPSA) is 47.6 Å². The average molecular weight is 222 g/mol. The third kappa shape index (κ3) is 5.50. The Morgan fingerprint density at radius 2 is 1.58 bits per heavy atom. The number of hydrogen-bond acceptors (Lipinski definition) is 2. The Hall–Kier alpha value is -1.28. The van der Waals surface area contributed by atoms with E-state index in [9.17, 15) is 0 Å². The van der Waals surface area contributed by atoms with Crippen LogP contribution in [-0.4, -0.2) is 16.0 Å². The van der Waals surface area contributed by atoms with Gasteiger partial charge in [0.15, 0.2) is 12.1 Å². The van der Waals surface area contributed by atoms with Crippen molar-refractivity contribution in [1.29, 1.82) is 10.5 Å². The quantitative estimate of drug-likeness (QED) is 0.674. The van der Waals surface area contributed by atoms with Gasteiger partial charge < -0.3 is 0 Å². The normalized spacial score (nSPS) is 6.92. The molecule has 1 aromatic carbocycles. The first-order valence-electron chi connectivity index (χ1n) is 3.25. The minimum absolute atomic E-state index is 1.01. The molecule has 0 heterocycles. The van der Waals surface area contributed by atoms with Crippen molar-refractivity contribution in [2.45, 2.75) is 5.32 Å². The Morgan fingerprint density at radius 1 is 1.08 bits per heavy atom. The number of hydrogen-bond donors (Lipinski definition) is 0. The Morgan fingerprint density at radius 3 is 1.83 bits per heavy atom. The number of rotatable bonds is 1. The van der Waals surface area contributed by atoms with Gasteiger partial charge in [0.05, 0.1) is 0 Å². The molecule has 0 amide bonds. The second-order valence-electron chi connectivity index (χ2n) is 1.85. The molecule has 3 heteroatoms. The van der Waals surface area contributed by atoms with Gasteiger partial charge in [-0.2, -0.15) is 10.5 Å². The van der Waals surface area contributed by atoms with Crippen LogP contribution in [-0.2, 0) is 5.32 Å². The van der Waals surface area contributed by atoms with Gasteiger partial charge >= 0.3 is 57.2 Å². The first kappa shape index (κ1) is 10.7. The molecular weight excluding hydrogens is 215 g/mol. The van der Waals surface area contributed by atoms with Crippen molar-refractivity contribution in [3.05, 3.63) is 35.9 Å². The van der Waals surface area contributed by atoms with Gasteiger partial charge in [-0.3, -0.25) is 0 Å². The van der Waals surface area contributed by atoms with Gasteiger partial charge in [0.2, 0.25) is 0 Å². The first-order chi connectivity index (χ1) is 5.85. The number of benzene rings is 1. The van der Waals surface area contributed by atoms with E-state index in [-0.39, 0.29) is 0 Å². The molecule has 0 aliphatic carbocycles. The van der Waals surface area contributed by atoms with Crippen LogP contribution in [0.1, 0.15) is 5.56 Å². The summed E-state index contributed by atoms with van der Waals surface area (Å²) in [4.78, 5) is 0. The van der Waals surface area contributed by atoms with Crippen molar-refractivity contribution in [2.24, 2.45) is 0 Å². The summed E-state index contributed by atoms with van der Waals surface area (Å²) in [7, 11) is 0. The molecule has 0 saturated carbocycles. The second kappa shape index (κ2) is 7.82. The molecule has 0 N–H and O–H groups in total. The standard InChI is InChI=1S/C7H7Se.C2N2/c8-6-7-4-2-1-3-5-7;3-1-2-4/h1-5H,6H2;. The predicted molar refractivity (Wildman–Crippen MR) is 47.1 cm³/mol. The molecule has 0 saturated heterocycles. The second-order valence-corrected chi connectivity index (χ2v) is 2.46. The summed E-state index contributed by atoms with van der Waals surface area (Å²) in [6.07, 6.45) is 0. The third-order valence-electron chi connectivity index (χ3n) is 1.06. The van der Waals surface area contributed by atoms with E-state index in [1.807, 2.05) is 18.2 Å². The molecule has 59 valence electrons. The van der Waals surface area contributed by atoms with Crippen molar-refractivity contribution < 1.29 is 0 Å². The molecule has 0 fully saturated rings. The van der Waals surface area contributed by atoms with Crippen LogP contribution < -0.4 is 0 Å². The van der Waals surface area contributed by atoms with Crippen LogP contribution in [0.5, 0.6) is 0 Å². The molecule has 2 nitrogen and oxygen atoms in total. The van der Waals surface area contributed by atoms with Crippen molar-refractivity contribution in [2.75, 3.05) is 0 Å². The Labute approximate surface area is 80.3 Å². The Kier molecular flexibility index (Phi) is 6.99. The van der Waals surface area contributed by atoms with Crippen LogP contribution in [0.15, 0.2) is 30.3 Å². The van der Waals surface area contributed by atoms with E-state index in [0.29, 0.717) is 0 Å². The van der Waals surface area contributed by atoms with Gasteiger partial charge in [0.1, 0.15) is 0 Å². The van der Waals surface area contributed by atoms with Crippen molar-refractivity contribution in [3.8, 4) is 12.1 Å². The molecule has 0 aliphatic heterocycles. The SMILES string of the molecule is N#CC#N.[Se]Cc1ccccc1. The molecule has 0 bridgehead atoms. The summed E-state index contributed by atoms with van der Waals surface area (Å²) in [6, 6.07) is 12.8. The maximum atomic E-state index is 7.26. The Bertz CT molecular complexity index is 270. The fourth-order valence-electron chi connectivity index (χ4n) is 0.574. The molecule has 0 atom stereocenters. The summed E-state index contributed by atoms with van der Waals surface area (Å²) in [6.45, 7) is 0. The van der Waals surface area contributed by atoms with Crippen LogP contribution in [0.2, 0.25) is 0 Å². The molecule has 1 radical (unpaired) electrons. The summed E-state index contributed by atoms with van der Waals surface area (Å²) in [5, 5.41) is 15.5. The van der Waals surface area contributed by atoms with Crippen molar-refractivity contribution >= 4 is 16.0 Å². The van der Waals surface area contributed by atoms with Gasteiger partial charge in [-0.25, -0.2) is 0 Å². The van der Waals surface area contributed by atoms with E-state index in [0.717, 1.165) is 5.32 Å². The fourth-order valence-corrected chi connectivity index (χ4v) is 0.978. The van der Waals surface area contributed by atoms with Crippen molar-refractivity contribution in [1.82, 2.24) is 0 Å². The van der Waals surface area contributed by atoms with Crippen molar-refractivity contribution in [3.63, 3.8) is 0 Å². The van der Waals surface area contributed by atoms with Gasteiger partial charge in [-0.15, -0.1) is 0 Å². The van der Waals surface area contributed by atoms with E-state index >= 15 is 0 Å². The number of nitriles is 2. The summed E-state index contributed by atoms with van der Waals surface area (Å²) in [5.41, 5.74) is 1.35. The molecule has 0 unspecified atom stereocenters. The Balaban J connectivity index is 0.000000261. The van der Waals surface area contributed by atoms with E-state index in [1.165, 1.54) is 17.7 Å². The zero-order chi connectivity index (χ0) is 9.23. The van der Waals surface area contributed by atoms with Gasteiger partial charge in [0.25, 0.3) is 0 Å². The molecule has 1 aromatic rings. The van der Waals surface area contributed by atoms with E-state index < -0.39 is 0 Å². The fraction of sp³-hybridized carbons (Fsp3) is 0.111. The summed E-state index contributed by atoms with van der Waals surface area (Å²) in [5.74, 6) is 0. The monoisotopic (exact) mass is 223 g/mol. The molecule has 1 rings (SSSR count). The predicted octanol–water partition coefficient (Wildman–Crippen LogP) is 1.39. The minimum atomic E-state index is 1.01. The molecule has 12 heavy (non-hydrogen) atoms. The van der Waals surface area contributed by atoms with Crippen LogP contribution in [0.4, 0.5) is 0 Å². The van der Waals surface area contributed by atoms with Gasteiger partial charge in [-0.1, -0.05) is 0 Å². The molecule has 0 aliphatic rings. The van der Waals surface area contributed by atoms with E-state index in [2.05, 4.69) is 28.1 Å². The molecule has 0 aromatic heterocycles. The first-order valence-corrected chi connectivity index (χ1v) is 4.46. The maximum absolute atomic E-state index is 7.26. The van der Waals surface area contributed by atoms with Crippen LogP contribution in [0.25, 0.3) is 0 Å². The van der Waals surface area contributed by atoms with Crippen LogP contribution in [0, 0.1) is 22.7 Å². The zero-order valence-electron chi connectivity index (χ0n) is 6.40. The van der Waals surface area contributed by atoms with Crippen LogP contribution >= 0.6 is 0 Å².